The van der Waals surface area contributed by atoms with E-state index in [1.807, 2.05) is 13.8 Å². The van der Waals surface area contributed by atoms with Gasteiger partial charge in [-0.05, 0) is 74.4 Å². The van der Waals surface area contributed by atoms with Crippen molar-refractivity contribution < 1.29 is 31.9 Å². The molecule has 0 aromatic heterocycles. The Bertz CT molecular complexity index is 1500. The summed E-state index contributed by atoms with van der Waals surface area (Å²) in [6, 6.07) is 14.5. The first kappa shape index (κ1) is 32.7. The molecule has 3 aromatic rings. The molecule has 2 atom stereocenters. The maximum atomic E-state index is 14.0. The molecule has 42 heavy (non-hydrogen) atoms. The number of benzene rings is 3. The second-order valence-corrected chi connectivity index (χ2v) is 11.9. The number of amides is 2. The molecule has 0 fully saturated rings. The lowest BCUT2D eigenvalue weighted by Crippen LogP contribution is -2.52. The van der Waals surface area contributed by atoms with Crippen molar-refractivity contribution >= 4 is 39.1 Å². The summed E-state index contributed by atoms with van der Waals surface area (Å²) in [5.41, 5.74) is 0.703. The maximum absolute atomic E-state index is 14.0. The molecule has 0 bridgehead atoms. The van der Waals surface area contributed by atoms with Gasteiger partial charge in [-0.25, -0.2) is 12.8 Å². The summed E-state index contributed by atoms with van der Waals surface area (Å²) in [6.07, 6.45) is 0.683. The van der Waals surface area contributed by atoms with E-state index in [1.54, 1.807) is 31.2 Å². The van der Waals surface area contributed by atoms with Crippen molar-refractivity contribution in [2.24, 2.45) is 0 Å². The van der Waals surface area contributed by atoms with E-state index in [9.17, 15) is 22.4 Å². The third-order valence-electron chi connectivity index (χ3n) is 6.75. The molecule has 3 rings (SSSR count). The predicted molar refractivity (Wildman–Crippen MR) is 160 cm³/mol. The average molecular weight is 620 g/mol. The fourth-order valence-electron chi connectivity index (χ4n) is 4.12. The van der Waals surface area contributed by atoms with Crippen molar-refractivity contribution in [3.63, 3.8) is 0 Å². The molecule has 1 N–H and O–H groups in total. The number of methoxy groups -OCH3 is 2. The van der Waals surface area contributed by atoms with Crippen LogP contribution in [0.2, 0.25) is 5.02 Å². The van der Waals surface area contributed by atoms with Gasteiger partial charge in [0.25, 0.3) is 10.0 Å². The van der Waals surface area contributed by atoms with Crippen molar-refractivity contribution in [1.82, 2.24) is 10.2 Å². The SMILES string of the molecule is CC[C@@H](C)NC(=O)[C@H](C)N(Cc1cccc(Cl)c1)C(=O)CN(c1ccc(F)cc1)S(=O)(=O)c1ccc(OC)c(OC)c1. The summed E-state index contributed by atoms with van der Waals surface area (Å²) in [5, 5.41) is 3.32. The summed E-state index contributed by atoms with van der Waals surface area (Å²) >= 11 is 6.17. The van der Waals surface area contributed by atoms with Gasteiger partial charge in [0.15, 0.2) is 11.5 Å². The molecule has 2 amide bonds. The lowest BCUT2D eigenvalue weighted by atomic mass is 10.1. The predicted octanol–water partition coefficient (Wildman–Crippen LogP) is 5.02. The summed E-state index contributed by atoms with van der Waals surface area (Å²) < 4.78 is 53.2. The van der Waals surface area contributed by atoms with Gasteiger partial charge in [-0.1, -0.05) is 30.7 Å². The Morgan fingerprint density at radius 1 is 0.976 bits per heavy atom. The number of rotatable bonds is 13. The van der Waals surface area contributed by atoms with Crippen molar-refractivity contribution in [2.75, 3.05) is 25.1 Å². The van der Waals surface area contributed by atoms with Gasteiger partial charge >= 0.3 is 0 Å². The normalized spacial score (nSPS) is 12.6. The number of anilines is 1. The molecule has 0 aliphatic heterocycles. The molecule has 0 unspecified atom stereocenters. The monoisotopic (exact) mass is 619 g/mol. The molecule has 0 radical (unpaired) electrons. The Morgan fingerprint density at radius 2 is 1.64 bits per heavy atom. The number of carbonyl (C=O) groups is 2. The van der Waals surface area contributed by atoms with E-state index in [-0.39, 0.29) is 28.9 Å². The van der Waals surface area contributed by atoms with Gasteiger partial charge in [0.1, 0.15) is 18.4 Å². The fraction of sp³-hybridized carbons (Fsp3) is 0.333. The van der Waals surface area contributed by atoms with Gasteiger partial charge in [-0.3, -0.25) is 13.9 Å². The standard InChI is InChI=1S/C30H35ClFN3O6S/c1-6-20(2)33-30(37)21(3)34(18-22-8-7-9-23(31)16-22)29(36)19-35(25-12-10-24(32)11-13-25)42(38,39)26-14-15-27(40-4)28(17-26)41-5/h7-17,20-21H,6,18-19H2,1-5H3,(H,33,37)/t20-,21+/m1/s1. The van der Waals surface area contributed by atoms with Gasteiger partial charge in [0.05, 0.1) is 24.8 Å². The van der Waals surface area contributed by atoms with Crippen molar-refractivity contribution in [2.45, 2.75) is 50.7 Å². The van der Waals surface area contributed by atoms with E-state index in [0.29, 0.717) is 22.8 Å². The van der Waals surface area contributed by atoms with Crippen LogP contribution in [0, 0.1) is 5.82 Å². The minimum atomic E-state index is -4.40. The molecule has 3 aromatic carbocycles. The Morgan fingerprint density at radius 3 is 2.24 bits per heavy atom. The lowest BCUT2D eigenvalue weighted by molar-refractivity contribution is -0.139. The highest BCUT2D eigenvalue weighted by Crippen LogP contribution is 2.32. The van der Waals surface area contributed by atoms with Crippen LogP contribution in [0.5, 0.6) is 11.5 Å². The van der Waals surface area contributed by atoms with Crippen molar-refractivity contribution in [1.29, 1.82) is 0 Å². The van der Waals surface area contributed by atoms with Crippen LogP contribution in [0.4, 0.5) is 10.1 Å². The van der Waals surface area contributed by atoms with E-state index in [4.69, 9.17) is 21.1 Å². The van der Waals surface area contributed by atoms with Crippen LogP contribution in [-0.2, 0) is 26.2 Å². The van der Waals surface area contributed by atoms with E-state index in [0.717, 1.165) is 16.4 Å². The van der Waals surface area contributed by atoms with Crippen LogP contribution in [0.15, 0.2) is 71.6 Å². The van der Waals surface area contributed by atoms with Gasteiger partial charge in [0.2, 0.25) is 11.8 Å². The number of nitrogens with one attached hydrogen (secondary N) is 1. The second-order valence-electron chi connectivity index (χ2n) is 9.65. The number of carbonyl (C=O) groups excluding carboxylic acids is 2. The summed E-state index contributed by atoms with van der Waals surface area (Å²) in [6.45, 7) is 4.65. The van der Waals surface area contributed by atoms with E-state index >= 15 is 0 Å². The molecular formula is C30H35ClFN3O6S. The highest BCUT2D eigenvalue weighted by Gasteiger charge is 2.33. The van der Waals surface area contributed by atoms with Crippen molar-refractivity contribution in [3.05, 3.63) is 83.1 Å². The summed E-state index contributed by atoms with van der Waals surface area (Å²) in [5.74, 6) is -1.14. The van der Waals surface area contributed by atoms with Gasteiger partial charge in [-0.2, -0.15) is 0 Å². The number of hydrogen-bond acceptors (Lipinski definition) is 6. The molecule has 226 valence electrons. The lowest BCUT2D eigenvalue weighted by Gasteiger charge is -2.32. The first-order valence-electron chi connectivity index (χ1n) is 13.3. The molecule has 0 saturated carbocycles. The smallest absolute Gasteiger partial charge is 0.264 e. The van der Waals surface area contributed by atoms with Crippen molar-refractivity contribution in [3.8, 4) is 11.5 Å². The molecule has 12 heteroatoms. The Kier molecular flexibility index (Phi) is 11.2. The van der Waals surface area contributed by atoms with Gasteiger partial charge < -0.3 is 19.7 Å². The zero-order valence-electron chi connectivity index (χ0n) is 24.1. The van der Waals surface area contributed by atoms with Crippen LogP contribution in [0.3, 0.4) is 0 Å². The maximum Gasteiger partial charge on any atom is 0.264 e. The Hall–Kier alpha value is -3.83. The molecule has 0 aliphatic rings. The first-order valence-corrected chi connectivity index (χ1v) is 15.1. The molecule has 0 aliphatic carbocycles. The second kappa shape index (κ2) is 14.4. The quantitative estimate of drug-likeness (QED) is 0.288. The van der Waals surface area contributed by atoms with E-state index in [2.05, 4.69) is 5.32 Å². The largest absolute Gasteiger partial charge is 0.493 e. The minimum Gasteiger partial charge on any atom is -0.493 e. The highest BCUT2D eigenvalue weighted by molar-refractivity contribution is 7.92. The Balaban J connectivity index is 2.06. The van der Waals surface area contributed by atoms with Crippen LogP contribution in [-0.4, -0.2) is 58.0 Å². The fourth-order valence-corrected chi connectivity index (χ4v) is 5.76. The Labute approximate surface area is 251 Å². The molecule has 0 saturated heterocycles. The summed E-state index contributed by atoms with van der Waals surface area (Å²) in [4.78, 5) is 28.2. The molecule has 0 spiro atoms. The summed E-state index contributed by atoms with van der Waals surface area (Å²) in [7, 11) is -1.61. The van der Waals surface area contributed by atoms with Crippen LogP contribution in [0.25, 0.3) is 0 Å². The van der Waals surface area contributed by atoms with E-state index in [1.165, 1.54) is 49.5 Å². The van der Waals surface area contributed by atoms with Gasteiger partial charge in [-0.15, -0.1) is 0 Å². The van der Waals surface area contributed by atoms with Crippen LogP contribution in [0.1, 0.15) is 32.8 Å². The minimum absolute atomic E-state index is 0.0118. The third kappa shape index (κ3) is 7.92. The van der Waals surface area contributed by atoms with Gasteiger partial charge in [0, 0.05) is 23.7 Å². The number of ether oxygens (including phenoxy) is 2. The zero-order chi connectivity index (χ0) is 31.0. The number of halogens is 2. The molecular weight excluding hydrogens is 585 g/mol. The van der Waals surface area contributed by atoms with E-state index < -0.39 is 40.2 Å². The third-order valence-corrected chi connectivity index (χ3v) is 8.75. The zero-order valence-corrected chi connectivity index (χ0v) is 25.7. The topological polar surface area (TPSA) is 105 Å². The first-order chi connectivity index (χ1) is 19.9. The molecule has 9 nitrogen and oxygen atoms in total. The number of nitrogens with zero attached hydrogens (tertiary/aromatic N) is 2. The number of hydrogen-bond donors (Lipinski definition) is 1. The average Bonchev–Trinajstić information content (AvgIpc) is 2.98. The number of sulfonamides is 1. The van der Waals surface area contributed by atoms with Crippen LogP contribution >= 0.6 is 11.6 Å². The van der Waals surface area contributed by atoms with Crippen LogP contribution < -0.4 is 19.1 Å². The highest BCUT2D eigenvalue weighted by atomic mass is 35.5. The molecule has 0 heterocycles.